The van der Waals surface area contributed by atoms with Crippen molar-refractivity contribution < 1.29 is 4.79 Å². The molecule has 4 rings (SSSR count). The monoisotopic (exact) mass is 343 g/mol. The van der Waals surface area contributed by atoms with Crippen molar-refractivity contribution in [2.45, 2.75) is 12.8 Å². The minimum Gasteiger partial charge on any atom is -0.382 e. The first-order valence-corrected chi connectivity index (χ1v) is 8.29. The summed E-state index contributed by atoms with van der Waals surface area (Å²) in [4.78, 5) is 17.1. The summed E-state index contributed by atoms with van der Waals surface area (Å²) in [7, 11) is 0. The van der Waals surface area contributed by atoms with Gasteiger partial charge in [0, 0.05) is 25.3 Å². The Morgan fingerprint density at radius 3 is 2.62 bits per heavy atom. The minimum absolute atomic E-state index is 0. The van der Waals surface area contributed by atoms with Gasteiger partial charge in [-0.2, -0.15) is 0 Å². The summed E-state index contributed by atoms with van der Waals surface area (Å²) in [5.41, 5.74) is 4.61. The van der Waals surface area contributed by atoms with E-state index in [4.69, 9.17) is 0 Å². The van der Waals surface area contributed by atoms with Crippen LogP contribution in [-0.2, 0) is 11.2 Å². The van der Waals surface area contributed by atoms with Crippen LogP contribution in [0.1, 0.15) is 12.0 Å². The number of aryl methyl sites for hydroxylation is 1. The van der Waals surface area contributed by atoms with Crippen LogP contribution in [0.5, 0.6) is 0 Å². The number of nitrogens with zero attached hydrogens (tertiary/aromatic N) is 2. The summed E-state index contributed by atoms with van der Waals surface area (Å²) < 4.78 is 0. The minimum atomic E-state index is 0. The molecule has 2 aliphatic heterocycles. The second-order valence-corrected chi connectivity index (χ2v) is 6.14. The number of nitrogens with one attached hydrogen (secondary N) is 1. The Bertz CT molecular complexity index is 734. The van der Waals surface area contributed by atoms with Gasteiger partial charge in [0.1, 0.15) is 0 Å². The third-order valence-corrected chi connectivity index (χ3v) is 4.68. The van der Waals surface area contributed by atoms with Crippen molar-refractivity contribution in [3.63, 3.8) is 0 Å². The topological polar surface area (TPSA) is 35.6 Å². The Morgan fingerprint density at radius 2 is 1.75 bits per heavy atom. The van der Waals surface area contributed by atoms with Crippen molar-refractivity contribution in [1.29, 1.82) is 0 Å². The highest BCUT2D eigenvalue weighted by atomic mass is 35.5. The molecule has 2 aromatic carbocycles. The van der Waals surface area contributed by atoms with Gasteiger partial charge in [0.05, 0.1) is 17.9 Å². The lowest BCUT2D eigenvalue weighted by molar-refractivity contribution is -0.117. The van der Waals surface area contributed by atoms with Crippen LogP contribution in [0, 0.1) is 0 Å². The molecule has 0 atom stereocenters. The molecule has 0 aliphatic carbocycles. The fourth-order valence-electron chi connectivity index (χ4n) is 3.55. The highest BCUT2D eigenvalue weighted by molar-refractivity contribution is 5.98. The first-order chi connectivity index (χ1) is 11.3. The Hall–Kier alpha value is -2.20. The Morgan fingerprint density at radius 1 is 1.00 bits per heavy atom. The first kappa shape index (κ1) is 16.7. The van der Waals surface area contributed by atoms with Crippen molar-refractivity contribution in [2.75, 3.05) is 41.3 Å². The van der Waals surface area contributed by atoms with Gasteiger partial charge in [0.25, 0.3) is 0 Å². The number of fused-ring (bicyclic) bond motifs is 2. The van der Waals surface area contributed by atoms with E-state index in [1.165, 1.54) is 5.56 Å². The normalized spacial score (nSPS) is 15.7. The van der Waals surface area contributed by atoms with Gasteiger partial charge in [-0.25, -0.2) is 0 Å². The van der Waals surface area contributed by atoms with Crippen LogP contribution in [0.3, 0.4) is 0 Å². The average Bonchev–Trinajstić information content (AvgIpc) is 2.61. The molecule has 1 amide bonds. The van der Waals surface area contributed by atoms with Gasteiger partial charge >= 0.3 is 0 Å². The molecule has 2 aromatic rings. The number of anilines is 3. The number of rotatable bonds is 2. The maximum absolute atomic E-state index is 12.9. The van der Waals surface area contributed by atoms with E-state index in [1.807, 2.05) is 23.1 Å². The molecule has 0 spiro atoms. The Balaban J connectivity index is 0.00000169. The summed E-state index contributed by atoms with van der Waals surface area (Å²) in [6.07, 6.45) is 2.11. The molecule has 24 heavy (non-hydrogen) atoms. The molecule has 4 nitrogen and oxygen atoms in total. The maximum atomic E-state index is 12.9. The van der Waals surface area contributed by atoms with Crippen molar-refractivity contribution in [1.82, 2.24) is 0 Å². The molecule has 126 valence electrons. The summed E-state index contributed by atoms with van der Waals surface area (Å²) in [6, 6.07) is 16.5. The summed E-state index contributed by atoms with van der Waals surface area (Å²) in [6.45, 7) is 3.00. The maximum Gasteiger partial charge on any atom is 0.246 e. The van der Waals surface area contributed by atoms with Crippen molar-refractivity contribution in [3.8, 4) is 0 Å². The molecule has 0 unspecified atom stereocenters. The second-order valence-electron chi connectivity index (χ2n) is 6.14. The number of para-hydroxylation sites is 3. The van der Waals surface area contributed by atoms with Crippen LogP contribution in [-0.4, -0.2) is 32.1 Å². The first-order valence-electron chi connectivity index (χ1n) is 8.29. The largest absolute Gasteiger partial charge is 0.382 e. The van der Waals surface area contributed by atoms with Crippen LogP contribution >= 0.6 is 12.4 Å². The van der Waals surface area contributed by atoms with Gasteiger partial charge in [-0.05, 0) is 36.6 Å². The third kappa shape index (κ3) is 3.06. The molecule has 2 heterocycles. The number of hydrogen-bond donors (Lipinski definition) is 1. The quantitative estimate of drug-likeness (QED) is 0.908. The highest BCUT2D eigenvalue weighted by Gasteiger charge is 2.25. The smallest absolute Gasteiger partial charge is 0.246 e. The molecule has 0 saturated carbocycles. The van der Waals surface area contributed by atoms with E-state index in [0.29, 0.717) is 6.54 Å². The fraction of sp³-hybridized carbons (Fsp3) is 0.316. The second kappa shape index (κ2) is 7.14. The number of hydrogen-bond acceptors (Lipinski definition) is 3. The van der Waals surface area contributed by atoms with E-state index in [2.05, 4.69) is 40.5 Å². The SMILES string of the molecule is Cl.O=C(CN1CCNc2ccccc21)N1CCCc2ccccc21. The number of halogens is 1. The molecular formula is C19H22ClN3O. The van der Waals surface area contributed by atoms with Gasteiger partial charge < -0.3 is 15.1 Å². The van der Waals surface area contributed by atoms with Gasteiger partial charge in [-0.1, -0.05) is 30.3 Å². The standard InChI is InChI=1S/C19H21N3O.ClH/c23-19(22-12-5-7-15-6-1-3-9-17(15)22)14-21-13-11-20-16-8-2-4-10-18(16)21;/h1-4,6,8-10,20H,5,7,11-14H2;1H. The molecule has 0 saturated heterocycles. The number of benzene rings is 2. The molecule has 2 aliphatic rings. The van der Waals surface area contributed by atoms with Crippen molar-refractivity contribution in [2.24, 2.45) is 0 Å². The predicted molar refractivity (Wildman–Crippen MR) is 102 cm³/mol. The van der Waals surface area contributed by atoms with Crippen LogP contribution in [0.2, 0.25) is 0 Å². The zero-order valence-electron chi connectivity index (χ0n) is 13.6. The summed E-state index contributed by atoms with van der Waals surface area (Å²) in [5.74, 6) is 0.189. The number of amides is 1. The molecule has 5 heteroatoms. The van der Waals surface area contributed by atoms with E-state index in [9.17, 15) is 4.79 Å². The van der Waals surface area contributed by atoms with E-state index in [0.717, 1.165) is 49.5 Å². The Kier molecular flexibility index (Phi) is 4.95. The van der Waals surface area contributed by atoms with Crippen LogP contribution in [0.4, 0.5) is 17.1 Å². The van der Waals surface area contributed by atoms with Crippen molar-refractivity contribution in [3.05, 3.63) is 54.1 Å². The van der Waals surface area contributed by atoms with E-state index in [1.54, 1.807) is 0 Å². The third-order valence-electron chi connectivity index (χ3n) is 4.68. The average molecular weight is 344 g/mol. The van der Waals surface area contributed by atoms with Crippen molar-refractivity contribution >= 4 is 35.4 Å². The summed E-state index contributed by atoms with van der Waals surface area (Å²) >= 11 is 0. The summed E-state index contributed by atoms with van der Waals surface area (Å²) in [5, 5.41) is 3.39. The van der Waals surface area contributed by atoms with Gasteiger partial charge in [0.2, 0.25) is 5.91 Å². The zero-order chi connectivity index (χ0) is 15.6. The van der Waals surface area contributed by atoms with Gasteiger partial charge in [-0.3, -0.25) is 4.79 Å². The molecule has 1 N–H and O–H groups in total. The van der Waals surface area contributed by atoms with Crippen LogP contribution in [0.25, 0.3) is 0 Å². The molecule has 0 aromatic heterocycles. The molecular weight excluding hydrogens is 322 g/mol. The molecule has 0 fully saturated rings. The lowest BCUT2D eigenvalue weighted by Crippen LogP contribution is -2.45. The Labute approximate surface area is 148 Å². The van der Waals surface area contributed by atoms with E-state index < -0.39 is 0 Å². The number of carbonyl (C=O) groups excluding carboxylic acids is 1. The fourth-order valence-corrected chi connectivity index (χ4v) is 3.55. The lowest BCUT2D eigenvalue weighted by atomic mass is 10.0. The molecule has 0 radical (unpaired) electrons. The van der Waals surface area contributed by atoms with Gasteiger partial charge in [0.15, 0.2) is 0 Å². The highest BCUT2D eigenvalue weighted by Crippen LogP contribution is 2.30. The number of carbonyl (C=O) groups is 1. The van der Waals surface area contributed by atoms with Crippen LogP contribution < -0.4 is 15.1 Å². The van der Waals surface area contributed by atoms with E-state index >= 15 is 0 Å². The predicted octanol–water partition coefficient (Wildman–Crippen LogP) is 3.32. The van der Waals surface area contributed by atoms with Gasteiger partial charge in [-0.15, -0.1) is 12.4 Å². The van der Waals surface area contributed by atoms with E-state index in [-0.39, 0.29) is 18.3 Å². The van der Waals surface area contributed by atoms with Crippen LogP contribution in [0.15, 0.2) is 48.5 Å². The zero-order valence-corrected chi connectivity index (χ0v) is 14.4. The molecule has 0 bridgehead atoms. The lowest BCUT2D eigenvalue weighted by Gasteiger charge is -2.35.